The largest absolute Gasteiger partial charge is 0.391 e. The van der Waals surface area contributed by atoms with Gasteiger partial charge in [-0.05, 0) is 26.1 Å². The topological polar surface area (TPSA) is 26.7 Å². The molecule has 0 aromatic heterocycles. The lowest BCUT2D eigenvalue weighted by Crippen LogP contribution is -2.55. The summed E-state index contributed by atoms with van der Waals surface area (Å²) < 4.78 is 0. The molecule has 3 nitrogen and oxygen atoms in total. The summed E-state index contributed by atoms with van der Waals surface area (Å²) in [5.74, 6) is 0. The Labute approximate surface area is 104 Å². The molecule has 17 heavy (non-hydrogen) atoms. The summed E-state index contributed by atoms with van der Waals surface area (Å²) in [6, 6.07) is 10.5. The van der Waals surface area contributed by atoms with Crippen molar-refractivity contribution in [2.45, 2.75) is 18.6 Å². The predicted molar refractivity (Wildman–Crippen MR) is 70.1 cm³/mol. The summed E-state index contributed by atoms with van der Waals surface area (Å²) in [4.78, 5) is 4.56. The molecule has 0 bridgehead atoms. The van der Waals surface area contributed by atoms with Gasteiger partial charge in [-0.1, -0.05) is 30.3 Å². The highest BCUT2D eigenvalue weighted by molar-refractivity contribution is 5.16. The van der Waals surface area contributed by atoms with E-state index in [0.29, 0.717) is 0 Å². The zero-order chi connectivity index (χ0) is 12.3. The molecule has 1 aliphatic rings. The fraction of sp³-hybridized carbons (Fsp3) is 0.571. The van der Waals surface area contributed by atoms with Crippen molar-refractivity contribution < 1.29 is 5.11 Å². The van der Waals surface area contributed by atoms with Gasteiger partial charge in [0, 0.05) is 25.7 Å². The van der Waals surface area contributed by atoms with Crippen LogP contribution >= 0.6 is 0 Å². The molecule has 0 radical (unpaired) electrons. The number of aliphatic hydroxyl groups excluding tert-OH is 1. The van der Waals surface area contributed by atoms with Crippen LogP contribution in [-0.2, 0) is 6.42 Å². The maximum atomic E-state index is 10.3. The molecular formula is C14H22N2O. The number of benzene rings is 1. The number of nitrogens with zero attached hydrogens (tertiary/aromatic N) is 2. The Morgan fingerprint density at radius 3 is 2.65 bits per heavy atom. The maximum absolute atomic E-state index is 10.3. The van der Waals surface area contributed by atoms with Crippen molar-refractivity contribution in [3.8, 4) is 0 Å². The molecule has 0 aliphatic carbocycles. The number of aliphatic hydroxyl groups is 1. The second-order valence-corrected chi connectivity index (χ2v) is 5.07. The van der Waals surface area contributed by atoms with Crippen molar-refractivity contribution in [1.82, 2.24) is 9.80 Å². The highest BCUT2D eigenvalue weighted by Crippen LogP contribution is 2.14. The first-order chi connectivity index (χ1) is 8.16. The van der Waals surface area contributed by atoms with Crippen LogP contribution in [0.15, 0.2) is 30.3 Å². The molecule has 0 spiro atoms. The van der Waals surface area contributed by atoms with E-state index in [1.54, 1.807) is 0 Å². The monoisotopic (exact) mass is 234 g/mol. The molecule has 2 atom stereocenters. The Bertz CT molecular complexity index is 341. The number of likely N-dealkylation sites (N-methyl/N-ethyl adjacent to an activating group) is 2. The molecule has 1 fully saturated rings. The van der Waals surface area contributed by atoms with Crippen molar-refractivity contribution in [3.63, 3.8) is 0 Å². The lowest BCUT2D eigenvalue weighted by Gasteiger charge is -2.40. The second-order valence-electron chi connectivity index (χ2n) is 5.07. The van der Waals surface area contributed by atoms with Gasteiger partial charge in [0.1, 0.15) is 0 Å². The SMILES string of the molecule is CN1CCN(C)C(C(O)Cc2ccccc2)C1. The summed E-state index contributed by atoms with van der Waals surface area (Å²) >= 11 is 0. The van der Waals surface area contributed by atoms with Gasteiger partial charge >= 0.3 is 0 Å². The normalized spacial score (nSPS) is 24.8. The van der Waals surface area contributed by atoms with Gasteiger partial charge in [-0.15, -0.1) is 0 Å². The van der Waals surface area contributed by atoms with Crippen LogP contribution in [0.3, 0.4) is 0 Å². The van der Waals surface area contributed by atoms with Gasteiger partial charge in [0.15, 0.2) is 0 Å². The molecule has 2 rings (SSSR count). The van der Waals surface area contributed by atoms with Crippen LogP contribution in [0, 0.1) is 0 Å². The Morgan fingerprint density at radius 1 is 1.24 bits per heavy atom. The molecule has 0 saturated carbocycles. The van der Waals surface area contributed by atoms with E-state index in [2.05, 4.69) is 36.0 Å². The molecule has 1 aromatic rings. The van der Waals surface area contributed by atoms with E-state index in [1.165, 1.54) is 5.56 Å². The molecule has 1 heterocycles. The summed E-state index contributed by atoms with van der Waals surface area (Å²) in [7, 11) is 4.22. The van der Waals surface area contributed by atoms with Crippen LogP contribution in [0.5, 0.6) is 0 Å². The fourth-order valence-electron chi connectivity index (χ4n) is 2.45. The molecule has 94 valence electrons. The zero-order valence-corrected chi connectivity index (χ0v) is 10.7. The summed E-state index contributed by atoms with van der Waals surface area (Å²) in [6.45, 7) is 3.07. The van der Waals surface area contributed by atoms with Crippen molar-refractivity contribution in [2.75, 3.05) is 33.7 Å². The summed E-state index contributed by atoms with van der Waals surface area (Å²) in [6.07, 6.45) is 0.453. The van der Waals surface area contributed by atoms with Gasteiger partial charge in [0.25, 0.3) is 0 Å². The van der Waals surface area contributed by atoms with Crippen molar-refractivity contribution >= 4 is 0 Å². The fourth-order valence-corrected chi connectivity index (χ4v) is 2.45. The first-order valence-corrected chi connectivity index (χ1v) is 6.27. The average molecular weight is 234 g/mol. The van der Waals surface area contributed by atoms with E-state index in [-0.39, 0.29) is 12.1 Å². The summed E-state index contributed by atoms with van der Waals surface area (Å²) in [5.41, 5.74) is 1.21. The maximum Gasteiger partial charge on any atom is 0.0747 e. The minimum Gasteiger partial charge on any atom is -0.391 e. The predicted octanol–water partition coefficient (Wildman–Crippen LogP) is 0.836. The number of hydrogen-bond acceptors (Lipinski definition) is 3. The molecule has 0 amide bonds. The average Bonchev–Trinajstić information content (AvgIpc) is 2.33. The van der Waals surface area contributed by atoms with Crippen molar-refractivity contribution in [1.29, 1.82) is 0 Å². The van der Waals surface area contributed by atoms with Crippen LogP contribution in [0.1, 0.15) is 5.56 Å². The van der Waals surface area contributed by atoms with Gasteiger partial charge in [0.2, 0.25) is 0 Å². The van der Waals surface area contributed by atoms with E-state index >= 15 is 0 Å². The number of piperazine rings is 1. The minimum absolute atomic E-state index is 0.244. The summed E-state index contributed by atoms with van der Waals surface area (Å²) in [5, 5.41) is 10.3. The third-order valence-corrected chi connectivity index (χ3v) is 3.63. The highest BCUT2D eigenvalue weighted by Gasteiger charge is 2.28. The van der Waals surface area contributed by atoms with Crippen LogP contribution in [-0.4, -0.2) is 60.8 Å². The van der Waals surface area contributed by atoms with Crippen LogP contribution in [0.25, 0.3) is 0 Å². The third kappa shape index (κ3) is 3.28. The number of rotatable bonds is 3. The van der Waals surface area contributed by atoms with Crippen LogP contribution < -0.4 is 0 Å². The first-order valence-electron chi connectivity index (χ1n) is 6.27. The van der Waals surface area contributed by atoms with Gasteiger partial charge < -0.3 is 10.0 Å². The quantitative estimate of drug-likeness (QED) is 0.839. The zero-order valence-electron chi connectivity index (χ0n) is 10.7. The second kappa shape index (κ2) is 5.63. The van der Waals surface area contributed by atoms with E-state index in [0.717, 1.165) is 26.1 Å². The molecule has 2 unspecified atom stereocenters. The minimum atomic E-state index is -0.287. The third-order valence-electron chi connectivity index (χ3n) is 3.63. The van der Waals surface area contributed by atoms with E-state index in [4.69, 9.17) is 0 Å². The Morgan fingerprint density at radius 2 is 1.94 bits per heavy atom. The Balaban J connectivity index is 1.97. The van der Waals surface area contributed by atoms with Gasteiger partial charge in [0.05, 0.1) is 6.10 Å². The van der Waals surface area contributed by atoms with E-state index < -0.39 is 0 Å². The molecular weight excluding hydrogens is 212 g/mol. The lowest BCUT2D eigenvalue weighted by atomic mass is 9.99. The molecule has 1 aromatic carbocycles. The number of hydrogen-bond donors (Lipinski definition) is 1. The van der Waals surface area contributed by atoms with Gasteiger partial charge in [-0.2, -0.15) is 0 Å². The lowest BCUT2D eigenvalue weighted by molar-refractivity contribution is 0.0153. The van der Waals surface area contributed by atoms with Crippen molar-refractivity contribution in [2.24, 2.45) is 0 Å². The molecule has 3 heteroatoms. The molecule has 1 N–H and O–H groups in total. The van der Waals surface area contributed by atoms with Crippen LogP contribution in [0.4, 0.5) is 0 Å². The van der Waals surface area contributed by atoms with Crippen molar-refractivity contribution in [3.05, 3.63) is 35.9 Å². The molecule has 1 saturated heterocycles. The van der Waals surface area contributed by atoms with Crippen LogP contribution in [0.2, 0.25) is 0 Å². The molecule has 1 aliphatic heterocycles. The standard InChI is InChI=1S/C14H22N2O/c1-15-8-9-16(2)13(11-15)14(17)10-12-6-4-3-5-7-12/h3-7,13-14,17H,8-11H2,1-2H3. The van der Waals surface area contributed by atoms with E-state index in [1.807, 2.05) is 18.2 Å². The Hall–Kier alpha value is -0.900. The Kier molecular flexibility index (Phi) is 4.15. The van der Waals surface area contributed by atoms with E-state index in [9.17, 15) is 5.11 Å². The first kappa shape index (κ1) is 12.6. The smallest absolute Gasteiger partial charge is 0.0747 e. The van der Waals surface area contributed by atoms with Gasteiger partial charge in [-0.3, -0.25) is 4.90 Å². The highest BCUT2D eigenvalue weighted by atomic mass is 16.3. The van der Waals surface area contributed by atoms with Gasteiger partial charge in [-0.25, -0.2) is 0 Å².